The molecule has 0 aliphatic carbocycles. The summed E-state index contributed by atoms with van der Waals surface area (Å²) >= 11 is 0. The molecule has 0 aromatic heterocycles. The molecule has 0 saturated carbocycles. The first-order chi connectivity index (χ1) is 15.1. The van der Waals surface area contributed by atoms with Crippen LogP contribution in [0.1, 0.15) is 39.6 Å². The van der Waals surface area contributed by atoms with Gasteiger partial charge < -0.3 is 20.3 Å². The minimum absolute atomic E-state index is 0.0927. The highest BCUT2D eigenvalue weighted by Crippen LogP contribution is 2.24. The minimum atomic E-state index is -1.27. The minimum Gasteiger partial charge on any atom is -0.445 e. The molecule has 0 radical (unpaired) electrons. The Morgan fingerprint density at radius 3 is 2.16 bits per heavy atom. The molecule has 3 rings (SSSR count). The maximum atomic E-state index is 12.8. The number of nitrogens with one attached hydrogen (secondary N) is 1. The third-order valence-corrected chi connectivity index (χ3v) is 4.85. The fourth-order valence-corrected chi connectivity index (χ4v) is 3.17. The van der Waals surface area contributed by atoms with Crippen molar-refractivity contribution in [1.82, 2.24) is 5.32 Å². The lowest BCUT2D eigenvalue weighted by atomic mass is 9.92. The first-order valence-electron chi connectivity index (χ1n) is 10.1. The number of rotatable bonds is 9. The quantitative estimate of drug-likeness (QED) is 0.461. The van der Waals surface area contributed by atoms with Gasteiger partial charge in [-0.3, -0.25) is 4.79 Å². The predicted molar refractivity (Wildman–Crippen MR) is 117 cm³/mol. The highest BCUT2D eigenvalue weighted by atomic mass is 16.5. The molecule has 0 saturated heterocycles. The van der Waals surface area contributed by atoms with Crippen molar-refractivity contribution in [3.05, 3.63) is 107 Å². The van der Waals surface area contributed by atoms with Crippen molar-refractivity contribution in [3.8, 4) is 0 Å². The molecule has 2 atom stereocenters. The Kier molecular flexibility index (Phi) is 7.92. The van der Waals surface area contributed by atoms with Gasteiger partial charge in [0.25, 0.3) is 0 Å². The molecule has 0 spiro atoms. The van der Waals surface area contributed by atoms with Gasteiger partial charge in [0.1, 0.15) is 12.7 Å². The van der Waals surface area contributed by atoms with Gasteiger partial charge in [-0.25, -0.2) is 4.79 Å². The summed E-state index contributed by atoms with van der Waals surface area (Å²) in [5, 5.41) is 23.6. The SMILES string of the molecule is O=C(NCCC(O)C(O)c1ccccc1C(=O)c1ccccc1)OCc1ccccc1. The molecule has 0 aliphatic heterocycles. The van der Waals surface area contributed by atoms with Crippen LogP contribution in [-0.2, 0) is 11.3 Å². The van der Waals surface area contributed by atoms with E-state index in [9.17, 15) is 19.8 Å². The monoisotopic (exact) mass is 419 g/mol. The second-order valence-corrected chi connectivity index (χ2v) is 7.07. The van der Waals surface area contributed by atoms with Gasteiger partial charge in [-0.05, 0) is 17.5 Å². The molecular weight excluding hydrogens is 394 g/mol. The molecule has 1 amide bonds. The normalized spacial score (nSPS) is 12.6. The number of amides is 1. The molecule has 31 heavy (non-hydrogen) atoms. The summed E-state index contributed by atoms with van der Waals surface area (Å²) in [7, 11) is 0. The van der Waals surface area contributed by atoms with Crippen molar-refractivity contribution in [2.45, 2.75) is 25.2 Å². The van der Waals surface area contributed by atoms with Crippen molar-refractivity contribution >= 4 is 11.9 Å². The van der Waals surface area contributed by atoms with Crippen molar-refractivity contribution in [2.24, 2.45) is 0 Å². The Bertz CT molecular complexity index is 991. The fraction of sp³-hybridized carbons (Fsp3) is 0.200. The van der Waals surface area contributed by atoms with E-state index in [1.165, 1.54) is 0 Å². The number of ketones is 1. The van der Waals surface area contributed by atoms with Gasteiger partial charge in [0.2, 0.25) is 0 Å². The second-order valence-electron chi connectivity index (χ2n) is 7.07. The maximum Gasteiger partial charge on any atom is 0.407 e. The lowest BCUT2D eigenvalue weighted by molar-refractivity contribution is 0.0132. The number of carbonyl (C=O) groups excluding carboxylic acids is 2. The molecule has 0 fully saturated rings. The van der Waals surface area contributed by atoms with E-state index in [0.29, 0.717) is 16.7 Å². The fourth-order valence-electron chi connectivity index (χ4n) is 3.17. The van der Waals surface area contributed by atoms with Gasteiger partial charge in [-0.15, -0.1) is 0 Å². The van der Waals surface area contributed by atoms with Crippen LogP contribution >= 0.6 is 0 Å². The molecular formula is C25H25NO5. The van der Waals surface area contributed by atoms with Crippen LogP contribution in [0.25, 0.3) is 0 Å². The van der Waals surface area contributed by atoms with E-state index >= 15 is 0 Å². The van der Waals surface area contributed by atoms with Gasteiger partial charge in [0.15, 0.2) is 5.78 Å². The number of alkyl carbamates (subject to hydrolysis) is 1. The van der Waals surface area contributed by atoms with Crippen LogP contribution in [-0.4, -0.2) is 34.7 Å². The number of carbonyl (C=O) groups is 2. The Morgan fingerprint density at radius 1 is 0.839 bits per heavy atom. The Balaban J connectivity index is 1.54. The van der Waals surface area contributed by atoms with Crippen LogP contribution in [0.15, 0.2) is 84.9 Å². The molecule has 3 N–H and O–H groups in total. The van der Waals surface area contributed by atoms with E-state index in [1.54, 1.807) is 48.5 Å². The van der Waals surface area contributed by atoms with Crippen LogP contribution in [0.2, 0.25) is 0 Å². The molecule has 3 aromatic carbocycles. The smallest absolute Gasteiger partial charge is 0.407 e. The van der Waals surface area contributed by atoms with E-state index < -0.39 is 18.3 Å². The highest BCUT2D eigenvalue weighted by Gasteiger charge is 2.24. The van der Waals surface area contributed by atoms with Crippen molar-refractivity contribution < 1.29 is 24.5 Å². The van der Waals surface area contributed by atoms with E-state index in [-0.39, 0.29) is 25.4 Å². The van der Waals surface area contributed by atoms with E-state index in [1.807, 2.05) is 36.4 Å². The predicted octanol–water partition coefficient (Wildman–Crippen LogP) is 3.63. The zero-order valence-electron chi connectivity index (χ0n) is 17.0. The van der Waals surface area contributed by atoms with E-state index in [4.69, 9.17) is 4.74 Å². The van der Waals surface area contributed by atoms with Crippen LogP contribution in [0.4, 0.5) is 4.79 Å². The summed E-state index contributed by atoms with van der Waals surface area (Å²) in [6, 6.07) is 24.7. The van der Waals surface area contributed by atoms with Gasteiger partial charge in [0.05, 0.1) is 6.10 Å². The average molecular weight is 419 g/mol. The molecule has 2 unspecified atom stereocenters. The number of hydrogen-bond acceptors (Lipinski definition) is 5. The number of benzene rings is 3. The summed E-state index contributed by atoms with van der Waals surface area (Å²) in [5.41, 5.74) is 2.04. The summed E-state index contributed by atoms with van der Waals surface area (Å²) < 4.78 is 5.12. The molecule has 3 aromatic rings. The Labute approximate surface area is 181 Å². The lowest BCUT2D eigenvalue weighted by Gasteiger charge is -2.20. The van der Waals surface area contributed by atoms with Crippen molar-refractivity contribution in [1.29, 1.82) is 0 Å². The van der Waals surface area contributed by atoms with E-state index in [2.05, 4.69) is 5.32 Å². The van der Waals surface area contributed by atoms with Gasteiger partial charge in [-0.2, -0.15) is 0 Å². The van der Waals surface area contributed by atoms with Crippen LogP contribution < -0.4 is 5.32 Å². The van der Waals surface area contributed by atoms with Crippen LogP contribution in [0.3, 0.4) is 0 Å². The van der Waals surface area contributed by atoms with Crippen LogP contribution in [0.5, 0.6) is 0 Å². The zero-order chi connectivity index (χ0) is 22.1. The van der Waals surface area contributed by atoms with Gasteiger partial charge in [0, 0.05) is 17.7 Å². The van der Waals surface area contributed by atoms with Crippen molar-refractivity contribution in [2.75, 3.05) is 6.54 Å². The first kappa shape index (κ1) is 22.2. The summed E-state index contributed by atoms with van der Waals surface area (Å²) in [6.07, 6.45) is -2.95. The Hall–Kier alpha value is -3.48. The first-order valence-corrected chi connectivity index (χ1v) is 10.1. The maximum absolute atomic E-state index is 12.8. The van der Waals surface area contributed by atoms with Crippen molar-refractivity contribution in [3.63, 3.8) is 0 Å². The number of ether oxygens (including phenoxy) is 1. The molecule has 160 valence electrons. The van der Waals surface area contributed by atoms with Gasteiger partial charge in [-0.1, -0.05) is 84.9 Å². The summed E-state index contributed by atoms with van der Waals surface area (Å²) in [4.78, 5) is 24.6. The largest absolute Gasteiger partial charge is 0.445 e. The lowest BCUT2D eigenvalue weighted by Crippen LogP contribution is -2.30. The highest BCUT2D eigenvalue weighted by molar-refractivity contribution is 6.10. The number of aliphatic hydroxyl groups excluding tert-OH is 2. The van der Waals surface area contributed by atoms with E-state index in [0.717, 1.165) is 5.56 Å². The Morgan fingerprint density at radius 2 is 1.45 bits per heavy atom. The summed E-state index contributed by atoms with van der Waals surface area (Å²) in [6.45, 7) is 0.257. The summed E-state index contributed by atoms with van der Waals surface area (Å²) in [5.74, 6) is -0.231. The second kappa shape index (κ2) is 11.1. The third-order valence-electron chi connectivity index (χ3n) is 4.85. The third kappa shape index (κ3) is 6.25. The van der Waals surface area contributed by atoms with Crippen LogP contribution in [0, 0.1) is 0 Å². The average Bonchev–Trinajstić information content (AvgIpc) is 2.83. The standard InChI is InChI=1S/C25H25NO5/c27-22(15-16-26-25(30)31-17-18-9-3-1-4-10-18)24(29)21-14-8-7-13-20(21)23(28)19-11-5-2-6-12-19/h1-14,22,24,27,29H,15-17H2,(H,26,30). The van der Waals surface area contributed by atoms with Gasteiger partial charge >= 0.3 is 6.09 Å². The number of hydrogen-bond donors (Lipinski definition) is 3. The number of aliphatic hydroxyl groups is 2. The molecule has 6 heteroatoms. The molecule has 0 bridgehead atoms. The molecule has 6 nitrogen and oxygen atoms in total. The molecule has 0 heterocycles. The topological polar surface area (TPSA) is 95.9 Å². The zero-order valence-corrected chi connectivity index (χ0v) is 17.0. The molecule has 0 aliphatic rings.